The van der Waals surface area contributed by atoms with E-state index in [0.717, 1.165) is 50.9 Å². The largest absolute Gasteiger partial charge is 0.462 e. The molecule has 0 aliphatic rings. The maximum atomic E-state index is 12.1. The summed E-state index contributed by atoms with van der Waals surface area (Å²) in [5.41, 5.74) is 0. The highest BCUT2D eigenvalue weighted by Crippen LogP contribution is 2.15. The third-order valence-corrected chi connectivity index (χ3v) is 7.38. The zero-order valence-corrected chi connectivity index (χ0v) is 27.3. The van der Waals surface area contributed by atoms with Crippen molar-refractivity contribution in [1.82, 2.24) is 0 Å². The van der Waals surface area contributed by atoms with Gasteiger partial charge in [-0.15, -0.1) is 0 Å². The minimum absolute atomic E-state index is 0.0373. The first-order valence-corrected chi connectivity index (χ1v) is 16.8. The Balaban J connectivity index is 3.93. The molecule has 0 rings (SSSR count). The first-order chi connectivity index (χ1) is 20.8. The summed E-state index contributed by atoms with van der Waals surface area (Å²) in [4.78, 5) is 24.1. The first-order valence-electron chi connectivity index (χ1n) is 16.8. The van der Waals surface area contributed by atoms with Crippen molar-refractivity contribution in [1.29, 1.82) is 0 Å². The molecule has 0 amide bonds. The molecule has 0 saturated heterocycles. The van der Waals surface area contributed by atoms with Crippen LogP contribution in [-0.4, -0.2) is 58.8 Å². The molecular weight excluding hydrogens is 544 g/mol. The monoisotopic (exact) mass is 606 g/mol. The highest BCUT2D eigenvalue weighted by molar-refractivity contribution is 5.70. The van der Waals surface area contributed by atoms with E-state index < -0.39 is 30.9 Å². The summed E-state index contributed by atoms with van der Waals surface area (Å²) < 4.78 is 10.4. The fourth-order valence-electron chi connectivity index (χ4n) is 4.32. The van der Waals surface area contributed by atoms with E-state index in [1.807, 2.05) is 12.2 Å². The predicted molar refractivity (Wildman–Crippen MR) is 175 cm³/mol. The Morgan fingerprint density at radius 2 is 1.23 bits per heavy atom. The Hall–Kier alpha value is -2.22. The van der Waals surface area contributed by atoms with Crippen LogP contribution in [0.4, 0.5) is 0 Å². The molecule has 0 heterocycles. The second-order valence-electron chi connectivity index (χ2n) is 11.4. The van der Waals surface area contributed by atoms with Gasteiger partial charge in [-0.25, -0.2) is 0 Å². The van der Waals surface area contributed by atoms with Crippen LogP contribution in [-0.2, 0) is 19.1 Å². The number of carbonyl (C=O) groups excluding carboxylic acids is 2. The number of aliphatic hydroxyl groups excluding tert-OH is 3. The van der Waals surface area contributed by atoms with E-state index in [9.17, 15) is 24.9 Å². The van der Waals surface area contributed by atoms with Crippen LogP contribution in [0.3, 0.4) is 0 Å². The number of hydrogen-bond acceptors (Lipinski definition) is 7. The molecule has 248 valence electrons. The smallest absolute Gasteiger partial charge is 0.306 e. The molecule has 0 aliphatic carbocycles. The molecule has 43 heavy (non-hydrogen) atoms. The Labute approximate surface area is 262 Å². The van der Waals surface area contributed by atoms with Crippen LogP contribution < -0.4 is 0 Å². The van der Waals surface area contributed by atoms with Crippen molar-refractivity contribution in [2.45, 2.75) is 148 Å². The average molecular weight is 607 g/mol. The molecule has 0 aromatic heterocycles. The number of carbonyl (C=O) groups is 2. The van der Waals surface area contributed by atoms with Gasteiger partial charge in [0.05, 0.1) is 18.8 Å². The van der Waals surface area contributed by atoms with E-state index in [4.69, 9.17) is 9.47 Å². The first kappa shape index (κ1) is 40.8. The van der Waals surface area contributed by atoms with E-state index >= 15 is 0 Å². The highest BCUT2D eigenvalue weighted by Gasteiger charge is 2.18. The van der Waals surface area contributed by atoms with Crippen LogP contribution >= 0.6 is 0 Å². The second kappa shape index (κ2) is 29.8. The van der Waals surface area contributed by atoms with Crippen LogP contribution in [0.5, 0.6) is 0 Å². The molecule has 4 atom stereocenters. The summed E-state index contributed by atoms with van der Waals surface area (Å²) in [7, 11) is 0. The van der Waals surface area contributed by atoms with E-state index in [1.165, 1.54) is 32.1 Å². The molecule has 0 spiro atoms. The highest BCUT2D eigenvalue weighted by atomic mass is 16.6. The van der Waals surface area contributed by atoms with Crippen molar-refractivity contribution >= 4 is 11.9 Å². The standard InChI is InChI=1S/C36H62O7/c1-4-6-7-8-9-10-11-12-13-14-18-21-25-33(38)34(39)26-23-28-36(41)43-32(29-37)30-42-35(40)27-22-19-16-15-17-20-24-31(3)5-2/h6-7,9-10,12-13,18,21,31-34,37-39H,4-5,8,11,14-17,19-20,22-30H2,1-3H3/b7-6-,10-9-,13-12-,21-18-/t31?,32-,33+,34+/m0/s1. The molecule has 7 heteroatoms. The molecule has 1 unspecified atom stereocenters. The molecule has 0 aromatic rings. The lowest BCUT2D eigenvalue weighted by atomic mass is 10.00. The van der Waals surface area contributed by atoms with Crippen molar-refractivity contribution in [3.05, 3.63) is 48.6 Å². The summed E-state index contributed by atoms with van der Waals surface area (Å²) in [6.07, 6.45) is 27.8. The molecule has 7 nitrogen and oxygen atoms in total. The van der Waals surface area contributed by atoms with E-state index in [0.29, 0.717) is 19.3 Å². The number of hydrogen-bond donors (Lipinski definition) is 3. The van der Waals surface area contributed by atoms with Crippen LogP contribution in [0, 0.1) is 5.92 Å². The lowest BCUT2D eigenvalue weighted by Gasteiger charge is -2.17. The van der Waals surface area contributed by atoms with Gasteiger partial charge in [-0.1, -0.05) is 114 Å². The van der Waals surface area contributed by atoms with Gasteiger partial charge < -0.3 is 24.8 Å². The van der Waals surface area contributed by atoms with Gasteiger partial charge >= 0.3 is 11.9 Å². The molecule has 0 radical (unpaired) electrons. The fourth-order valence-corrected chi connectivity index (χ4v) is 4.32. The number of unbranched alkanes of at least 4 members (excludes halogenated alkanes) is 5. The van der Waals surface area contributed by atoms with Gasteiger partial charge in [0.15, 0.2) is 6.10 Å². The SMILES string of the molecule is CC/C=C\C/C=C\C/C=C\C/C=C\C[C@@H](O)[C@H](O)CCCC(=O)O[C@@H](CO)COC(=O)CCCCCCCCC(C)CC. The van der Waals surface area contributed by atoms with Gasteiger partial charge in [-0.05, 0) is 57.3 Å². The van der Waals surface area contributed by atoms with Crippen LogP contribution in [0.1, 0.15) is 130 Å². The normalized spacial score (nSPS) is 15.0. The third kappa shape index (κ3) is 27.1. The van der Waals surface area contributed by atoms with Gasteiger partial charge in [0.1, 0.15) is 6.61 Å². The number of rotatable bonds is 28. The zero-order valence-electron chi connectivity index (χ0n) is 27.3. The third-order valence-electron chi connectivity index (χ3n) is 7.38. The number of ether oxygens (including phenoxy) is 2. The zero-order chi connectivity index (χ0) is 32.0. The second-order valence-corrected chi connectivity index (χ2v) is 11.4. The number of esters is 2. The molecule has 0 fully saturated rings. The summed E-state index contributed by atoms with van der Waals surface area (Å²) in [6, 6.07) is 0. The number of aliphatic hydroxyl groups is 3. The predicted octanol–water partition coefficient (Wildman–Crippen LogP) is 7.69. The average Bonchev–Trinajstić information content (AvgIpc) is 3.00. The lowest BCUT2D eigenvalue weighted by molar-refractivity contribution is -0.161. The van der Waals surface area contributed by atoms with Gasteiger partial charge in [0.2, 0.25) is 0 Å². The van der Waals surface area contributed by atoms with Gasteiger partial charge in [0.25, 0.3) is 0 Å². The summed E-state index contributed by atoms with van der Waals surface area (Å²) >= 11 is 0. The summed E-state index contributed by atoms with van der Waals surface area (Å²) in [5, 5.41) is 29.9. The van der Waals surface area contributed by atoms with Crippen molar-refractivity contribution in [2.24, 2.45) is 5.92 Å². The quantitative estimate of drug-likeness (QED) is 0.0475. The number of allylic oxidation sites excluding steroid dienone is 7. The van der Waals surface area contributed by atoms with Crippen molar-refractivity contribution in [3.63, 3.8) is 0 Å². The van der Waals surface area contributed by atoms with E-state index in [-0.39, 0.29) is 25.4 Å². The Bertz CT molecular complexity index is 786. The lowest BCUT2D eigenvalue weighted by Crippen LogP contribution is -2.29. The van der Waals surface area contributed by atoms with Gasteiger partial charge in [0, 0.05) is 12.8 Å². The van der Waals surface area contributed by atoms with Crippen molar-refractivity contribution in [2.75, 3.05) is 13.2 Å². The van der Waals surface area contributed by atoms with Crippen LogP contribution in [0.15, 0.2) is 48.6 Å². The summed E-state index contributed by atoms with van der Waals surface area (Å²) in [5.74, 6) is -0.0862. The minimum atomic E-state index is -0.945. The van der Waals surface area contributed by atoms with E-state index in [1.54, 1.807) is 0 Å². The van der Waals surface area contributed by atoms with Crippen molar-refractivity contribution < 1.29 is 34.4 Å². The topological polar surface area (TPSA) is 113 Å². The van der Waals surface area contributed by atoms with Gasteiger partial charge in [-0.3, -0.25) is 9.59 Å². The maximum Gasteiger partial charge on any atom is 0.306 e. The molecule has 3 N–H and O–H groups in total. The van der Waals surface area contributed by atoms with Crippen LogP contribution in [0.25, 0.3) is 0 Å². The minimum Gasteiger partial charge on any atom is -0.462 e. The molecule has 0 aromatic carbocycles. The Morgan fingerprint density at radius 1 is 0.674 bits per heavy atom. The van der Waals surface area contributed by atoms with Crippen LogP contribution in [0.2, 0.25) is 0 Å². The Kier molecular flexibility index (Phi) is 28.3. The van der Waals surface area contributed by atoms with E-state index in [2.05, 4.69) is 57.2 Å². The fraction of sp³-hybridized carbons (Fsp3) is 0.722. The van der Waals surface area contributed by atoms with Crippen molar-refractivity contribution in [3.8, 4) is 0 Å². The molecule has 0 saturated carbocycles. The molecule has 0 aliphatic heterocycles. The maximum absolute atomic E-state index is 12.1. The Morgan fingerprint density at radius 3 is 1.84 bits per heavy atom. The summed E-state index contributed by atoms with van der Waals surface area (Å²) in [6.45, 7) is 6.03. The van der Waals surface area contributed by atoms with Gasteiger partial charge in [-0.2, -0.15) is 0 Å². The molecular formula is C36H62O7. The molecule has 0 bridgehead atoms.